The molecule has 0 aliphatic carbocycles. The molecule has 0 unspecified atom stereocenters. The van der Waals surface area contributed by atoms with Gasteiger partial charge in [0.2, 0.25) is 0 Å². The van der Waals surface area contributed by atoms with Crippen molar-refractivity contribution in [3.8, 4) is 67.8 Å². The minimum Gasteiger partial charge on any atom is -0.455 e. The molecule has 0 N–H and O–H groups in total. The van der Waals surface area contributed by atoms with Crippen molar-refractivity contribution in [3.05, 3.63) is 237 Å². The Balaban J connectivity index is 1.06. The van der Waals surface area contributed by atoms with Crippen molar-refractivity contribution >= 4 is 65.6 Å². The summed E-state index contributed by atoms with van der Waals surface area (Å²) in [5.41, 5.74) is 15.3. The van der Waals surface area contributed by atoms with Crippen LogP contribution in [0, 0.1) is 0 Å². The van der Waals surface area contributed by atoms with Gasteiger partial charge in [-0.1, -0.05) is 170 Å². The van der Waals surface area contributed by atoms with E-state index in [0.29, 0.717) is 17.5 Å². The monoisotopic (exact) mass is 881 g/mol. The molecule has 6 heteroatoms. The lowest BCUT2D eigenvalue weighted by Gasteiger charge is -2.12. The van der Waals surface area contributed by atoms with Crippen molar-refractivity contribution in [1.82, 2.24) is 24.1 Å². The van der Waals surface area contributed by atoms with Crippen LogP contribution in [-0.2, 0) is 0 Å². The van der Waals surface area contributed by atoms with Crippen LogP contribution in [0.1, 0.15) is 0 Å². The number of rotatable bonds is 7. The van der Waals surface area contributed by atoms with Crippen molar-refractivity contribution in [3.63, 3.8) is 0 Å². The highest BCUT2D eigenvalue weighted by atomic mass is 16.3. The molecule has 0 aliphatic rings. The number of furan rings is 1. The highest BCUT2D eigenvalue weighted by Crippen LogP contribution is 2.45. The number of fused-ring (bicyclic) bond motifs is 9. The lowest BCUT2D eigenvalue weighted by molar-refractivity contribution is 0.670. The van der Waals surface area contributed by atoms with Gasteiger partial charge in [-0.05, 0) is 83.4 Å². The van der Waals surface area contributed by atoms with Gasteiger partial charge in [0.25, 0.3) is 0 Å². The Morgan fingerprint density at radius 1 is 0.290 bits per heavy atom. The predicted octanol–water partition coefficient (Wildman–Crippen LogP) is 16.3. The molecular weight excluding hydrogens is 843 g/mol. The Morgan fingerprint density at radius 3 is 1.35 bits per heavy atom. The Morgan fingerprint density at radius 2 is 0.768 bits per heavy atom. The molecule has 10 aromatic carbocycles. The second kappa shape index (κ2) is 15.6. The van der Waals surface area contributed by atoms with E-state index in [9.17, 15) is 0 Å². The van der Waals surface area contributed by atoms with Gasteiger partial charge in [0, 0.05) is 65.9 Å². The van der Waals surface area contributed by atoms with Crippen LogP contribution < -0.4 is 0 Å². The van der Waals surface area contributed by atoms with Crippen LogP contribution in [0.4, 0.5) is 0 Å². The number of benzene rings is 10. The van der Waals surface area contributed by atoms with Crippen molar-refractivity contribution in [1.29, 1.82) is 0 Å². The van der Waals surface area contributed by atoms with Crippen LogP contribution in [0.15, 0.2) is 241 Å². The third kappa shape index (κ3) is 6.30. The zero-order valence-corrected chi connectivity index (χ0v) is 37.2. The van der Waals surface area contributed by atoms with Crippen LogP contribution in [0.3, 0.4) is 0 Å². The Hall–Kier alpha value is -9.39. The zero-order chi connectivity index (χ0) is 45.4. The van der Waals surface area contributed by atoms with Crippen molar-refractivity contribution < 1.29 is 4.42 Å². The number of para-hydroxylation sites is 4. The van der Waals surface area contributed by atoms with Crippen LogP contribution in [0.25, 0.3) is 133 Å². The van der Waals surface area contributed by atoms with Gasteiger partial charge >= 0.3 is 0 Å². The molecule has 0 saturated heterocycles. The molecule has 0 bridgehead atoms. The molecule has 0 amide bonds. The molecule has 6 nitrogen and oxygen atoms in total. The van der Waals surface area contributed by atoms with Crippen LogP contribution >= 0.6 is 0 Å². The van der Waals surface area contributed by atoms with Crippen molar-refractivity contribution in [2.45, 2.75) is 0 Å². The second-order valence-electron chi connectivity index (χ2n) is 17.6. The molecular formula is C63H39N5O. The first kappa shape index (κ1) is 38.8. The van der Waals surface area contributed by atoms with Gasteiger partial charge < -0.3 is 13.6 Å². The normalized spacial score (nSPS) is 11.8. The third-order valence-electron chi connectivity index (χ3n) is 13.6. The van der Waals surface area contributed by atoms with Gasteiger partial charge in [-0.15, -0.1) is 0 Å². The quantitative estimate of drug-likeness (QED) is 0.160. The van der Waals surface area contributed by atoms with E-state index in [1.807, 2.05) is 66.7 Å². The molecule has 0 spiro atoms. The molecule has 322 valence electrons. The lowest BCUT2D eigenvalue weighted by Crippen LogP contribution is -2.00. The highest BCUT2D eigenvalue weighted by molar-refractivity contribution is 6.18. The average Bonchev–Trinajstić information content (AvgIpc) is 4.09. The molecule has 69 heavy (non-hydrogen) atoms. The molecule has 0 aliphatic heterocycles. The number of nitrogens with zero attached hydrogens (tertiary/aromatic N) is 5. The Bertz CT molecular complexity index is 4230. The molecule has 4 aromatic heterocycles. The van der Waals surface area contributed by atoms with E-state index in [-0.39, 0.29) is 0 Å². The number of hydrogen-bond donors (Lipinski definition) is 0. The minimum absolute atomic E-state index is 0.575. The van der Waals surface area contributed by atoms with Crippen LogP contribution in [0.5, 0.6) is 0 Å². The van der Waals surface area contributed by atoms with Gasteiger partial charge in [0.05, 0.1) is 22.1 Å². The van der Waals surface area contributed by atoms with E-state index in [1.165, 1.54) is 27.1 Å². The largest absolute Gasteiger partial charge is 0.455 e. The molecule has 0 radical (unpaired) electrons. The van der Waals surface area contributed by atoms with E-state index in [1.54, 1.807) is 0 Å². The molecule has 0 saturated carbocycles. The summed E-state index contributed by atoms with van der Waals surface area (Å²) in [5, 5.41) is 6.73. The molecule has 14 rings (SSSR count). The fourth-order valence-electron chi connectivity index (χ4n) is 10.4. The summed E-state index contributed by atoms with van der Waals surface area (Å²) in [5.74, 6) is 1.79. The van der Waals surface area contributed by atoms with Gasteiger partial charge in [0.15, 0.2) is 17.5 Å². The second-order valence-corrected chi connectivity index (χ2v) is 17.6. The summed E-state index contributed by atoms with van der Waals surface area (Å²) in [6.07, 6.45) is 0. The lowest BCUT2D eigenvalue weighted by atomic mass is 9.94. The summed E-state index contributed by atoms with van der Waals surface area (Å²) in [6, 6.07) is 83.4. The summed E-state index contributed by atoms with van der Waals surface area (Å²) in [6.45, 7) is 0. The van der Waals surface area contributed by atoms with Crippen molar-refractivity contribution in [2.24, 2.45) is 0 Å². The maximum atomic E-state index is 7.11. The number of hydrogen-bond acceptors (Lipinski definition) is 4. The van der Waals surface area contributed by atoms with E-state index in [4.69, 9.17) is 19.4 Å². The average molecular weight is 882 g/mol. The maximum absolute atomic E-state index is 7.11. The fraction of sp³-hybridized carbons (Fsp3) is 0. The molecule has 0 atom stereocenters. The standard InChI is InChI=1S/C63H39N5O/c1-5-18-40(19-6-1)61-64-62(41-20-7-2-8-21-41)66-63(65-61)51-28-17-31-58-59(51)53-37-44(42-32-34-49-47-26-13-15-29-54(47)67(56(49)38-42)45-22-9-3-10-23-45)36-52(60(53)69-58)43-33-35-50-48-27-14-16-30-55(48)68(57(50)39-43)46-24-11-4-12-25-46/h1-39H. The van der Waals surface area contributed by atoms with Gasteiger partial charge in [0.1, 0.15) is 11.2 Å². The third-order valence-corrected chi connectivity index (χ3v) is 13.6. The summed E-state index contributed by atoms with van der Waals surface area (Å²) >= 11 is 0. The van der Waals surface area contributed by atoms with E-state index < -0.39 is 0 Å². The van der Waals surface area contributed by atoms with Gasteiger partial charge in [-0.25, -0.2) is 15.0 Å². The Kier molecular flexibility index (Phi) is 8.79. The topological polar surface area (TPSA) is 61.7 Å². The summed E-state index contributed by atoms with van der Waals surface area (Å²) < 4.78 is 11.9. The SMILES string of the molecule is c1ccc(-c2nc(-c3ccccc3)nc(-c3cccc4oc5c(-c6ccc7c8ccccc8n(-c8ccccc8)c7c6)cc(-c6ccc7c8ccccc8n(-c8ccccc8)c7c6)cc5c34)n2)cc1. The first-order valence-electron chi connectivity index (χ1n) is 23.3. The van der Waals surface area contributed by atoms with Crippen LogP contribution in [0.2, 0.25) is 0 Å². The highest BCUT2D eigenvalue weighted by Gasteiger charge is 2.23. The predicted molar refractivity (Wildman–Crippen MR) is 283 cm³/mol. The smallest absolute Gasteiger partial charge is 0.164 e. The maximum Gasteiger partial charge on any atom is 0.164 e. The molecule has 0 fully saturated rings. The van der Waals surface area contributed by atoms with Crippen molar-refractivity contribution in [2.75, 3.05) is 0 Å². The van der Waals surface area contributed by atoms with Gasteiger partial charge in [-0.2, -0.15) is 0 Å². The summed E-state index contributed by atoms with van der Waals surface area (Å²) in [4.78, 5) is 15.5. The minimum atomic E-state index is 0.575. The van der Waals surface area contributed by atoms with E-state index >= 15 is 0 Å². The van der Waals surface area contributed by atoms with E-state index in [2.05, 4.69) is 179 Å². The molecule has 4 heterocycles. The fourth-order valence-corrected chi connectivity index (χ4v) is 10.4. The Labute approximate surface area is 396 Å². The first-order chi connectivity index (χ1) is 34.2. The summed E-state index contributed by atoms with van der Waals surface area (Å²) in [7, 11) is 0. The van der Waals surface area contributed by atoms with Gasteiger partial charge in [-0.3, -0.25) is 0 Å². The first-order valence-corrected chi connectivity index (χ1v) is 23.3. The number of aromatic nitrogens is 5. The van der Waals surface area contributed by atoms with E-state index in [0.717, 1.165) is 88.8 Å². The molecule has 14 aromatic rings. The van der Waals surface area contributed by atoms with Crippen LogP contribution in [-0.4, -0.2) is 24.1 Å². The zero-order valence-electron chi connectivity index (χ0n) is 37.2.